The van der Waals surface area contributed by atoms with Gasteiger partial charge in [0.2, 0.25) is 5.65 Å². The van der Waals surface area contributed by atoms with Gasteiger partial charge in [-0.25, -0.2) is 14.8 Å². The number of hydrogen-bond donors (Lipinski definition) is 2. The highest BCUT2D eigenvalue weighted by Crippen LogP contribution is 2.36. The molecule has 34 heavy (non-hydrogen) atoms. The molecule has 0 aliphatic rings. The van der Waals surface area contributed by atoms with E-state index in [1.165, 1.54) is 15.5 Å². The molecule has 0 saturated carbocycles. The van der Waals surface area contributed by atoms with Crippen molar-refractivity contribution in [3.63, 3.8) is 0 Å². The maximum Gasteiger partial charge on any atom is 0.411 e. The number of H-pyrrole nitrogens is 2. The fourth-order valence-electron chi connectivity index (χ4n) is 4.12. The molecular formula is C23H18ClN8O2+. The Morgan fingerprint density at radius 1 is 1.21 bits per heavy atom. The van der Waals surface area contributed by atoms with Gasteiger partial charge in [-0.1, -0.05) is 41.9 Å². The lowest BCUT2D eigenvalue weighted by Crippen LogP contribution is -2.28. The third kappa shape index (κ3) is 3.07. The van der Waals surface area contributed by atoms with Crippen LogP contribution in [0.5, 0.6) is 0 Å². The molecule has 0 bridgehead atoms. The monoisotopic (exact) mass is 473 g/mol. The van der Waals surface area contributed by atoms with Crippen molar-refractivity contribution in [2.45, 2.75) is 13.5 Å². The number of nitrogen functional groups attached to an aromatic ring is 1. The van der Waals surface area contributed by atoms with Crippen molar-refractivity contribution in [2.75, 3.05) is 5.73 Å². The lowest BCUT2D eigenvalue weighted by Gasteiger charge is -2.10. The Bertz CT molecular complexity index is 1750. The molecule has 0 aliphatic heterocycles. The van der Waals surface area contributed by atoms with Gasteiger partial charge in [0.05, 0.1) is 28.8 Å². The highest BCUT2D eigenvalue weighted by Gasteiger charge is 2.26. The van der Waals surface area contributed by atoms with Crippen molar-refractivity contribution >= 4 is 34.1 Å². The number of nitrogens with zero attached hydrogens (tertiary/aromatic N) is 5. The van der Waals surface area contributed by atoms with Crippen molar-refractivity contribution in [1.82, 2.24) is 29.4 Å². The van der Waals surface area contributed by atoms with Crippen LogP contribution in [0, 0.1) is 6.92 Å². The van der Waals surface area contributed by atoms with E-state index in [0.717, 1.165) is 22.0 Å². The van der Waals surface area contributed by atoms with E-state index in [1.54, 1.807) is 13.1 Å². The van der Waals surface area contributed by atoms with Crippen molar-refractivity contribution < 1.29 is 9.40 Å². The predicted octanol–water partition coefficient (Wildman–Crippen LogP) is 3.10. The number of fused-ring (bicyclic) bond motifs is 2. The number of benzene rings is 2. The van der Waals surface area contributed by atoms with Crippen molar-refractivity contribution in [2.24, 2.45) is 0 Å². The normalized spacial score (nSPS) is 11.6. The van der Waals surface area contributed by atoms with Crippen molar-refractivity contribution in [1.29, 1.82) is 0 Å². The number of aryl methyl sites for hydroxylation is 1. The smallest absolute Gasteiger partial charge is 0.411 e. The Labute approximate surface area is 196 Å². The lowest BCUT2D eigenvalue weighted by molar-refractivity contribution is -0.351. The van der Waals surface area contributed by atoms with E-state index in [-0.39, 0.29) is 12.5 Å². The van der Waals surface area contributed by atoms with E-state index in [4.69, 9.17) is 21.8 Å². The van der Waals surface area contributed by atoms with E-state index in [1.807, 2.05) is 42.5 Å². The SMILES string of the molecule is Cc1ocnc1Cn1nc2c(-c3cc(Cl)c4[nH]ncc4c3)c(-c3ccccc3)[nH+]c(N)n2c1=O. The maximum absolute atomic E-state index is 13.3. The van der Waals surface area contributed by atoms with Gasteiger partial charge >= 0.3 is 11.6 Å². The zero-order chi connectivity index (χ0) is 23.4. The summed E-state index contributed by atoms with van der Waals surface area (Å²) in [4.78, 5) is 20.7. The molecule has 0 spiro atoms. The number of oxazole rings is 1. The molecule has 0 fully saturated rings. The van der Waals surface area contributed by atoms with Crippen LogP contribution in [0.1, 0.15) is 11.5 Å². The number of halogens is 1. The Morgan fingerprint density at radius 3 is 2.79 bits per heavy atom. The van der Waals surface area contributed by atoms with Crippen LogP contribution in [-0.4, -0.2) is 29.4 Å². The lowest BCUT2D eigenvalue weighted by atomic mass is 9.99. The third-order valence-electron chi connectivity index (χ3n) is 5.80. The second-order valence-corrected chi connectivity index (χ2v) is 8.28. The molecule has 4 N–H and O–H groups in total. The van der Waals surface area contributed by atoms with Gasteiger partial charge in [-0.05, 0) is 24.6 Å². The van der Waals surface area contributed by atoms with Crippen LogP contribution < -0.4 is 16.4 Å². The number of nitrogens with one attached hydrogen (secondary N) is 2. The summed E-state index contributed by atoms with van der Waals surface area (Å²) in [7, 11) is 0. The minimum Gasteiger partial charge on any atom is -0.448 e. The Balaban J connectivity index is 1.69. The molecule has 0 amide bonds. The van der Waals surface area contributed by atoms with Crippen LogP contribution in [0.4, 0.5) is 5.95 Å². The maximum atomic E-state index is 13.3. The summed E-state index contributed by atoms with van der Waals surface area (Å²) in [5.41, 5.74) is 10.7. The number of aromatic nitrogens is 7. The summed E-state index contributed by atoms with van der Waals surface area (Å²) in [6, 6.07) is 13.5. The second-order valence-electron chi connectivity index (χ2n) is 7.87. The first-order chi connectivity index (χ1) is 16.5. The Kier molecular flexibility index (Phi) is 4.49. The van der Waals surface area contributed by atoms with Gasteiger partial charge in [-0.15, -0.1) is 9.50 Å². The third-order valence-corrected chi connectivity index (χ3v) is 6.10. The Morgan fingerprint density at radius 2 is 2.03 bits per heavy atom. The minimum atomic E-state index is -0.400. The summed E-state index contributed by atoms with van der Waals surface area (Å²) >= 11 is 6.56. The highest BCUT2D eigenvalue weighted by atomic mass is 35.5. The molecule has 0 atom stereocenters. The number of anilines is 1. The van der Waals surface area contributed by atoms with Crippen LogP contribution in [0.3, 0.4) is 0 Å². The van der Waals surface area contributed by atoms with Gasteiger partial charge in [-0.2, -0.15) is 9.78 Å². The zero-order valence-electron chi connectivity index (χ0n) is 17.9. The molecule has 0 radical (unpaired) electrons. The second kappa shape index (κ2) is 7.56. The molecule has 6 aromatic rings. The van der Waals surface area contributed by atoms with Gasteiger partial charge in [0.1, 0.15) is 17.1 Å². The topological polar surface area (TPSA) is 134 Å². The molecule has 2 aromatic carbocycles. The highest BCUT2D eigenvalue weighted by molar-refractivity contribution is 6.35. The van der Waals surface area contributed by atoms with Crippen LogP contribution in [-0.2, 0) is 6.54 Å². The van der Waals surface area contributed by atoms with Crippen LogP contribution in [0.25, 0.3) is 38.9 Å². The molecular weight excluding hydrogens is 456 g/mol. The standard InChI is InChI=1S/C23H17ClN8O2/c1-12-17(26-11-34-12)10-31-23(33)32-21(30-31)18(14-7-15-9-27-29-19(15)16(24)8-14)20(28-22(32)25)13-5-3-2-4-6-13/h2-9,11H,10H2,1H3,(H2,25,28)(H,27,29)/p+1. The number of hydrogen-bond acceptors (Lipinski definition) is 6. The Hall–Kier alpha value is -4.44. The summed E-state index contributed by atoms with van der Waals surface area (Å²) in [6.45, 7) is 1.93. The fraction of sp³-hybridized carbons (Fsp3) is 0.0870. The largest absolute Gasteiger partial charge is 0.448 e. The van der Waals surface area contributed by atoms with Gasteiger partial charge < -0.3 is 4.42 Å². The molecule has 0 unspecified atom stereocenters. The first-order valence-corrected chi connectivity index (χ1v) is 10.8. The van der Waals surface area contributed by atoms with Gasteiger partial charge in [-0.3, -0.25) is 10.8 Å². The molecule has 4 heterocycles. The average molecular weight is 474 g/mol. The molecule has 10 nitrogen and oxygen atoms in total. The van der Waals surface area contributed by atoms with Crippen LogP contribution in [0.15, 0.2) is 64.3 Å². The molecule has 0 saturated heterocycles. The first kappa shape index (κ1) is 20.2. The number of aromatic amines is 2. The first-order valence-electron chi connectivity index (χ1n) is 10.4. The molecule has 4 aromatic heterocycles. The van der Waals surface area contributed by atoms with Gasteiger partial charge in [0.25, 0.3) is 0 Å². The van der Waals surface area contributed by atoms with E-state index >= 15 is 0 Å². The summed E-state index contributed by atoms with van der Waals surface area (Å²) in [5.74, 6) is 0.770. The van der Waals surface area contributed by atoms with Crippen LogP contribution >= 0.6 is 11.6 Å². The van der Waals surface area contributed by atoms with Crippen molar-refractivity contribution in [3.8, 4) is 22.4 Å². The zero-order valence-corrected chi connectivity index (χ0v) is 18.7. The molecule has 11 heteroatoms. The minimum absolute atomic E-state index is 0.143. The summed E-state index contributed by atoms with van der Waals surface area (Å²) in [5, 5.41) is 13.0. The van der Waals surface area contributed by atoms with Gasteiger partial charge in [0.15, 0.2) is 6.39 Å². The molecule has 6 rings (SSSR count). The van der Waals surface area contributed by atoms with Gasteiger partial charge in [0, 0.05) is 10.9 Å². The number of nitrogens with two attached hydrogens (primary N) is 1. The predicted molar refractivity (Wildman–Crippen MR) is 126 cm³/mol. The van der Waals surface area contributed by atoms with E-state index in [9.17, 15) is 4.79 Å². The summed E-state index contributed by atoms with van der Waals surface area (Å²) < 4.78 is 7.95. The van der Waals surface area contributed by atoms with E-state index < -0.39 is 5.69 Å². The van der Waals surface area contributed by atoms with Crippen LogP contribution in [0.2, 0.25) is 5.02 Å². The molecule has 0 aliphatic carbocycles. The van der Waals surface area contributed by atoms with Crippen molar-refractivity contribution in [3.05, 3.63) is 82.0 Å². The fourth-order valence-corrected chi connectivity index (χ4v) is 4.39. The quantitative estimate of drug-likeness (QED) is 0.404. The van der Waals surface area contributed by atoms with E-state index in [0.29, 0.717) is 33.4 Å². The average Bonchev–Trinajstić information content (AvgIpc) is 3.55. The number of rotatable bonds is 4. The molecule has 168 valence electrons. The summed E-state index contributed by atoms with van der Waals surface area (Å²) in [6.07, 6.45) is 3.04. The van der Waals surface area contributed by atoms with E-state index in [2.05, 4.69) is 25.3 Å².